The molecule has 1 aliphatic heterocycles. The first-order valence-corrected chi connectivity index (χ1v) is 12.5. The zero-order valence-corrected chi connectivity index (χ0v) is 20.6. The number of ether oxygens (including phenoxy) is 1. The third kappa shape index (κ3) is 6.11. The Kier molecular flexibility index (Phi) is 8.57. The number of alkyl halides is 1. The summed E-state index contributed by atoms with van der Waals surface area (Å²) in [6.07, 6.45) is 0.998. The lowest BCUT2D eigenvalue weighted by Crippen LogP contribution is -2.35. The van der Waals surface area contributed by atoms with Crippen LogP contribution in [0.5, 0.6) is 0 Å². The fourth-order valence-electron chi connectivity index (χ4n) is 4.32. The highest BCUT2D eigenvalue weighted by atomic mass is 32.1. The van der Waals surface area contributed by atoms with E-state index in [2.05, 4.69) is 64.2 Å². The molecule has 0 saturated carbocycles. The molecule has 7 nitrogen and oxygen atoms in total. The predicted octanol–water partition coefficient (Wildman–Crippen LogP) is 3.96. The molecule has 0 radical (unpaired) electrons. The largest absolute Gasteiger partial charge is 0.379 e. The van der Waals surface area contributed by atoms with E-state index in [1.54, 1.807) is 11.3 Å². The molecule has 9 heteroatoms. The van der Waals surface area contributed by atoms with Crippen molar-refractivity contribution in [2.24, 2.45) is 5.73 Å². The second-order valence-electron chi connectivity index (χ2n) is 8.40. The Labute approximate surface area is 208 Å². The predicted molar refractivity (Wildman–Crippen MR) is 137 cm³/mol. The van der Waals surface area contributed by atoms with Crippen molar-refractivity contribution >= 4 is 28.6 Å². The van der Waals surface area contributed by atoms with E-state index >= 15 is 0 Å². The van der Waals surface area contributed by atoms with Gasteiger partial charge in [-0.3, -0.25) is 9.69 Å². The van der Waals surface area contributed by atoms with Gasteiger partial charge in [-0.05, 0) is 35.7 Å². The quantitative estimate of drug-likeness (QED) is 0.392. The summed E-state index contributed by atoms with van der Waals surface area (Å²) in [6, 6.07) is 17.0. The Morgan fingerprint density at radius 3 is 2.54 bits per heavy atom. The molecule has 2 N–H and O–H groups in total. The number of benzene rings is 2. The van der Waals surface area contributed by atoms with Crippen LogP contribution in [-0.2, 0) is 29.0 Å². The second-order valence-corrected chi connectivity index (χ2v) is 9.46. The lowest BCUT2D eigenvalue weighted by atomic mass is 10.1. The van der Waals surface area contributed by atoms with Crippen LogP contribution in [0.1, 0.15) is 21.7 Å². The van der Waals surface area contributed by atoms with E-state index in [1.807, 2.05) is 16.7 Å². The van der Waals surface area contributed by atoms with Crippen LogP contribution in [0.2, 0.25) is 0 Å². The fourth-order valence-corrected chi connectivity index (χ4v) is 5.22. The van der Waals surface area contributed by atoms with Gasteiger partial charge >= 0.3 is 0 Å². The molecule has 0 bridgehead atoms. The monoisotopic (exact) mass is 495 g/mol. The average molecular weight is 496 g/mol. The summed E-state index contributed by atoms with van der Waals surface area (Å²) >= 11 is 1.59. The van der Waals surface area contributed by atoms with Crippen molar-refractivity contribution in [3.63, 3.8) is 0 Å². The lowest BCUT2D eigenvalue weighted by Gasteiger charge is -2.26. The molecule has 184 valence electrons. The van der Waals surface area contributed by atoms with Gasteiger partial charge in [-0.25, -0.2) is 4.39 Å². The first kappa shape index (κ1) is 25.0. The zero-order valence-electron chi connectivity index (χ0n) is 19.8. The van der Waals surface area contributed by atoms with Crippen molar-refractivity contribution in [2.75, 3.05) is 33.0 Å². The zero-order chi connectivity index (χ0) is 24.6. The molecule has 1 aliphatic rings. The number of carbonyl (C=O) groups is 1. The molecule has 5 rings (SSSR count). The van der Waals surface area contributed by atoms with E-state index in [0.29, 0.717) is 6.54 Å². The summed E-state index contributed by atoms with van der Waals surface area (Å²) in [7, 11) is 0. The molecule has 1 fully saturated rings. The number of carbonyl (C=O) groups excluding carboxylic acids is 1. The van der Waals surface area contributed by atoms with Gasteiger partial charge in [0, 0.05) is 37.0 Å². The summed E-state index contributed by atoms with van der Waals surface area (Å²) in [5, 5.41) is 11.8. The van der Waals surface area contributed by atoms with Crippen LogP contribution in [0.25, 0.3) is 21.6 Å². The Morgan fingerprint density at radius 1 is 1.11 bits per heavy atom. The highest BCUT2D eigenvalue weighted by Crippen LogP contribution is 2.32. The van der Waals surface area contributed by atoms with E-state index in [1.165, 1.54) is 16.7 Å². The molecule has 2 aromatic heterocycles. The number of aromatic nitrogens is 3. The smallest absolute Gasteiger partial charge is 0.204 e. The van der Waals surface area contributed by atoms with Crippen molar-refractivity contribution in [1.82, 2.24) is 19.7 Å². The van der Waals surface area contributed by atoms with Gasteiger partial charge in [-0.2, -0.15) is 0 Å². The number of halogens is 1. The maximum atomic E-state index is 13.3. The summed E-state index contributed by atoms with van der Waals surface area (Å²) in [5.41, 5.74) is 9.88. The van der Waals surface area contributed by atoms with Crippen molar-refractivity contribution in [3.8, 4) is 10.7 Å². The SMILES string of the molecule is Cc1cccc2c1cc(-c1nnc(Cc3ccc(CN4CCOCC4)cc3)s1)n2CCF.NC=O. The fraction of sp³-hybridized carbons (Fsp3) is 0.346. The minimum atomic E-state index is -0.410. The summed E-state index contributed by atoms with van der Waals surface area (Å²) in [6.45, 7) is 6.59. The van der Waals surface area contributed by atoms with Crippen LogP contribution in [-0.4, -0.2) is 59.1 Å². The minimum absolute atomic E-state index is 0.250. The number of nitrogens with two attached hydrogens (primary N) is 1. The molecule has 2 aromatic carbocycles. The third-order valence-electron chi connectivity index (χ3n) is 6.05. The number of morpholine rings is 1. The first-order valence-electron chi connectivity index (χ1n) is 11.6. The summed E-state index contributed by atoms with van der Waals surface area (Å²) < 4.78 is 20.7. The van der Waals surface area contributed by atoms with Gasteiger partial charge in [-0.1, -0.05) is 47.7 Å². The van der Waals surface area contributed by atoms with Gasteiger partial charge in [0.25, 0.3) is 0 Å². The van der Waals surface area contributed by atoms with Gasteiger partial charge in [-0.15, -0.1) is 10.2 Å². The average Bonchev–Trinajstić information content (AvgIpc) is 3.47. The van der Waals surface area contributed by atoms with Crippen molar-refractivity contribution in [3.05, 3.63) is 70.2 Å². The summed E-state index contributed by atoms with van der Waals surface area (Å²) in [5.74, 6) is 0. The normalized spacial score (nSPS) is 14.0. The van der Waals surface area contributed by atoms with E-state index in [-0.39, 0.29) is 6.41 Å². The van der Waals surface area contributed by atoms with Crippen molar-refractivity contribution in [1.29, 1.82) is 0 Å². The molecule has 1 saturated heterocycles. The maximum absolute atomic E-state index is 13.3. The molecule has 0 aliphatic carbocycles. The molecular formula is C26H30FN5O2S. The van der Waals surface area contributed by atoms with Crippen LogP contribution < -0.4 is 5.73 Å². The number of amides is 1. The van der Waals surface area contributed by atoms with Gasteiger partial charge in [0.2, 0.25) is 6.41 Å². The maximum Gasteiger partial charge on any atom is 0.204 e. The Hall–Kier alpha value is -3.14. The third-order valence-corrected chi connectivity index (χ3v) is 6.99. The van der Waals surface area contributed by atoms with Gasteiger partial charge < -0.3 is 15.0 Å². The first-order chi connectivity index (χ1) is 17.1. The highest BCUT2D eigenvalue weighted by Gasteiger charge is 2.16. The van der Waals surface area contributed by atoms with Crippen molar-refractivity contribution < 1.29 is 13.9 Å². The number of aryl methyl sites for hydroxylation is 2. The van der Waals surface area contributed by atoms with Crippen LogP contribution in [0.15, 0.2) is 48.5 Å². The Balaban J connectivity index is 0.000000917. The Morgan fingerprint density at radius 2 is 1.83 bits per heavy atom. The van der Waals surface area contributed by atoms with Gasteiger partial charge in [0.15, 0.2) is 5.01 Å². The highest BCUT2D eigenvalue weighted by molar-refractivity contribution is 7.14. The summed E-state index contributed by atoms with van der Waals surface area (Å²) in [4.78, 5) is 11.0. The number of fused-ring (bicyclic) bond motifs is 1. The van der Waals surface area contributed by atoms with Crippen LogP contribution >= 0.6 is 11.3 Å². The molecule has 35 heavy (non-hydrogen) atoms. The topological polar surface area (TPSA) is 86.3 Å². The van der Waals surface area contributed by atoms with Crippen LogP contribution in [0, 0.1) is 6.92 Å². The lowest BCUT2D eigenvalue weighted by molar-refractivity contribution is -0.106. The van der Waals surface area contributed by atoms with E-state index in [4.69, 9.17) is 9.53 Å². The molecule has 0 spiro atoms. The number of hydrogen-bond donors (Lipinski definition) is 1. The standard InChI is InChI=1S/C25H27FN4OS.CH3NO/c1-18-3-2-4-22-21(18)16-23(30(22)10-9-26)25-28-27-24(32-25)15-19-5-7-20(8-6-19)17-29-11-13-31-14-12-29;2-1-3/h2-8,16H,9-15,17H2,1H3;1H,(H2,2,3). The minimum Gasteiger partial charge on any atom is -0.379 e. The van der Waals surface area contributed by atoms with Crippen LogP contribution in [0.3, 0.4) is 0 Å². The number of nitrogens with zero attached hydrogens (tertiary/aromatic N) is 4. The van der Waals surface area contributed by atoms with Crippen LogP contribution in [0.4, 0.5) is 4.39 Å². The second kappa shape index (κ2) is 12.0. The molecular weight excluding hydrogens is 465 g/mol. The molecule has 0 atom stereocenters. The molecule has 4 aromatic rings. The van der Waals surface area contributed by atoms with Gasteiger partial charge in [0.1, 0.15) is 11.7 Å². The number of primary amides is 1. The molecule has 3 heterocycles. The van der Waals surface area contributed by atoms with E-state index in [9.17, 15) is 4.39 Å². The number of hydrogen-bond acceptors (Lipinski definition) is 6. The number of rotatable bonds is 7. The Bertz CT molecular complexity index is 1250. The van der Waals surface area contributed by atoms with Gasteiger partial charge in [0.05, 0.1) is 25.5 Å². The molecule has 0 unspecified atom stereocenters. The van der Waals surface area contributed by atoms with E-state index < -0.39 is 6.67 Å². The van der Waals surface area contributed by atoms with E-state index in [0.717, 1.165) is 65.9 Å². The van der Waals surface area contributed by atoms with Crippen molar-refractivity contribution in [2.45, 2.75) is 26.4 Å². The molecule has 1 amide bonds.